The molecule has 1 fully saturated rings. The Bertz CT molecular complexity index is 281. The Kier molecular flexibility index (Phi) is 5.47. The van der Waals surface area contributed by atoms with Crippen molar-refractivity contribution in [2.75, 3.05) is 7.05 Å². The van der Waals surface area contributed by atoms with E-state index in [0.29, 0.717) is 6.42 Å². The molecule has 0 saturated heterocycles. The molecule has 1 amide bonds. The van der Waals surface area contributed by atoms with Crippen LogP contribution in [0.15, 0.2) is 0 Å². The molecule has 0 aromatic rings. The first kappa shape index (κ1) is 15.3. The van der Waals surface area contributed by atoms with Crippen LogP contribution >= 0.6 is 0 Å². The number of amides is 1. The zero-order valence-corrected chi connectivity index (χ0v) is 10.7. The second-order valence-corrected chi connectivity index (χ2v) is 5.05. The van der Waals surface area contributed by atoms with Crippen molar-refractivity contribution in [3.05, 3.63) is 0 Å². The molecule has 0 bridgehead atoms. The van der Waals surface area contributed by atoms with E-state index in [2.05, 4.69) is 0 Å². The van der Waals surface area contributed by atoms with E-state index in [0.717, 1.165) is 32.7 Å². The Morgan fingerprint density at radius 2 is 2.00 bits per heavy atom. The third-order valence-corrected chi connectivity index (χ3v) is 3.64. The normalized spacial score (nSPS) is 21.4. The summed E-state index contributed by atoms with van der Waals surface area (Å²) in [5.41, 5.74) is 5.62. The zero-order valence-electron chi connectivity index (χ0n) is 10.7. The van der Waals surface area contributed by atoms with Crippen LogP contribution in [0.2, 0.25) is 0 Å². The fourth-order valence-electron chi connectivity index (χ4n) is 2.51. The van der Waals surface area contributed by atoms with Crippen molar-refractivity contribution in [1.29, 1.82) is 0 Å². The summed E-state index contributed by atoms with van der Waals surface area (Å²) >= 11 is 0. The van der Waals surface area contributed by atoms with Gasteiger partial charge in [0.25, 0.3) is 5.91 Å². The van der Waals surface area contributed by atoms with Gasteiger partial charge in [-0.2, -0.15) is 8.78 Å². The van der Waals surface area contributed by atoms with Crippen molar-refractivity contribution in [3.63, 3.8) is 0 Å². The van der Waals surface area contributed by atoms with Gasteiger partial charge in [0.05, 0.1) is 0 Å². The number of aliphatic hydroxyl groups is 1. The molecule has 6 heteroatoms. The number of hydrogen-bond donors (Lipinski definition) is 3. The lowest BCUT2D eigenvalue weighted by Gasteiger charge is -2.30. The monoisotopic (exact) mass is 264 g/mol. The average molecular weight is 264 g/mol. The van der Waals surface area contributed by atoms with Crippen LogP contribution in [0, 0.1) is 5.92 Å². The second-order valence-electron chi connectivity index (χ2n) is 5.05. The molecule has 1 saturated carbocycles. The molecule has 1 rings (SSSR count). The Hall–Kier alpha value is -0.750. The van der Waals surface area contributed by atoms with Crippen LogP contribution in [0.1, 0.15) is 38.5 Å². The third-order valence-electron chi connectivity index (χ3n) is 3.64. The lowest BCUT2D eigenvalue weighted by Crippen LogP contribution is -2.55. The maximum absolute atomic E-state index is 13.5. The number of hydrogen-bond acceptors (Lipinski definition) is 3. The fraction of sp³-hybridized carbons (Fsp3) is 0.917. The van der Waals surface area contributed by atoms with Crippen molar-refractivity contribution in [2.24, 2.45) is 11.7 Å². The number of carbonyl (C=O) groups excluding carboxylic acids is 1. The van der Waals surface area contributed by atoms with Crippen molar-refractivity contribution < 1.29 is 18.7 Å². The number of nitrogens with two attached hydrogens (primary N) is 1. The number of aliphatic hydroxyl groups excluding tert-OH is 1. The SMILES string of the molecule is CNC(=O)C(F)(F)[C@H](O)[C@@H](N)CC1CCCCC1. The highest BCUT2D eigenvalue weighted by atomic mass is 19.3. The van der Waals surface area contributed by atoms with Gasteiger partial charge in [-0.1, -0.05) is 32.1 Å². The van der Waals surface area contributed by atoms with Crippen LogP contribution in [0.3, 0.4) is 0 Å². The Morgan fingerprint density at radius 3 is 2.50 bits per heavy atom. The second kappa shape index (κ2) is 6.43. The maximum atomic E-state index is 13.5. The molecule has 4 N–H and O–H groups in total. The molecule has 106 valence electrons. The van der Waals surface area contributed by atoms with Gasteiger partial charge in [0.2, 0.25) is 0 Å². The van der Waals surface area contributed by atoms with Crippen LogP contribution in [0.25, 0.3) is 0 Å². The standard InChI is InChI=1S/C12H22F2N2O2/c1-16-11(18)12(13,14)10(17)9(15)7-8-5-3-2-4-6-8/h8-10,17H,2-7,15H2,1H3,(H,16,18)/t9-,10+/m0/s1. The van der Waals surface area contributed by atoms with Gasteiger partial charge in [0.15, 0.2) is 0 Å². The van der Waals surface area contributed by atoms with E-state index in [1.54, 1.807) is 0 Å². The maximum Gasteiger partial charge on any atom is 0.351 e. The number of carbonyl (C=O) groups is 1. The number of alkyl halides is 2. The van der Waals surface area contributed by atoms with Crippen LogP contribution in [0.4, 0.5) is 8.78 Å². The molecule has 0 aliphatic heterocycles. The Balaban J connectivity index is 2.53. The van der Waals surface area contributed by atoms with Gasteiger partial charge in [-0.25, -0.2) is 0 Å². The van der Waals surface area contributed by atoms with E-state index >= 15 is 0 Å². The summed E-state index contributed by atoms with van der Waals surface area (Å²) < 4.78 is 26.9. The molecule has 0 aromatic carbocycles. The summed E-state index contributed by atoms with van der Waals surface area (Å²) in [4.78, 5) is 11.0. The Morgan fingerprint density at radius 1 is 1.44 bits per heavy atom. The third kappa shape index (κ3) is 3.62. The largest absolute Gasteiger partial charge is 0.385 e. The average Bonchev–Trinajstić information content (AvgIpc) is 2.37. The van der Waals surface area contributed by atoms with E-state index in [4.69, 9.17) is 5.73 Å². The van der Waals surface area contributed by atoms with Gasteiger partial charge >= 0.3 is 5.92 Å². The smallest absolute Gasteiger partial charge is 0.351 e. The van der Waals surface area contributed by atoms with Crippen LogP contribution < -0.4 is 11.1 Å². The predicted molar refractivity (Wildman–Crippen MR) is 64.2 cm³/mol. The summed E-state index contributed by atoms with van der Waals surface area (Å²) in [5, 5.41) is 11.4. The molecule has 0 radical (unpaired) electrons. The fourth-order valence-corrected chi connectivity index (χ4v) is 2.51. The van der Waals surface area contributed by atoms with Gasteiger partial charge in [0, 0.05) is 13.1 Å². The molecule has 0 unspecified atom stereocenters. The first-order valence-corrected chi connectivity index (χ1v) is 6.43. The molecule has 4 nitrogen and oxygen atoms in total. The predicted octanol–water partition coefficient (Wildman–Crippen LogP) is 1.03. The van der Waals surface area contributed by atoms with Crippen LogP contribution in [-0.2, 0) is 4.79 Å². The molecule has 0 spiro atoms. The molecule has 18 heavy (non-hydrogen) atoms. The highest BCUT2D eigenvalue weighted by Crippen LogP contribution is 2.30. The van der Waals surface area contributed by atoms with E-state index in [1.165, 1.54) is 6.42 Å². The molecule has 1 aliphatic carbocycles. The van der Waals surface area contributed by atoms with E-state index in [9.17, 15) is 18.7 Å². The quantitative estimate of drug-likeness (QED) is 0.694. The molecule has 0 aromatic heterocycles. The zero-order chi connectivity index (χ0) is 13.8. The van der Waals surface area contributed by atoms with Crippen LogP contribution in [-0.4, -0.2) is 36.1 Å². The molecule has 1 aliphatic rings. The highest BCUT2D eigenvalue weighted by Gasteiger charge is 2.48. The van der Waals surface area contributed by atoms with Gasteiger partial charge in [-0.05, 0) is 12.3 Å². The number of rotatable bonds is 5. The van der Waals surface area contributed by atoms with E-state index in [1.807, 2.05) is 5.32 Å². The Labute approximate surface area is 106 Å². The molecule has 0 heterocycles. The lowest BCUT2D eigenvalue weighted by atomic mass is 9.83. The van der Waals surface area contributed by atoms with Gasteiger partial charge in [-0.15, -0.1) is 0 Å². The summed E-state index contributed by atoms with van der Waals surface area (Å²) in [5.74, 6) is -5.04. The van der Waals surface area contributed by atoms with Gasteiger partial charge in [0.1, 0.15) is 6.10 Å². The number of nitrogens with one attached hydrogen (secondary N) is 1. The minimum Gasteiger partial charge on any atom is -0.385 e. The summed E-state index contributed by atoms with van der Waals surface area (Å²) in [6.07, 6.45) is 3.48. The van der Waals surface area contributed by atoms with Crippen LogP contribution in [0.5, 0.6) is 0 Å². The minimum atomic E-state index is -3.83. The molecular formula is C12H22F2N2O2. The molecule has 2 atom stereocenters. The first-order valence-electron chi connectivity index (χ1n) is 6.43. The van der Waals surface area contributed by atoms with Crippen molar-refractivity contribution in [2.45, 2.75) is 56.6 Å². The highest BCUT2D eigenvalue weighted by molar-refractivity contribution is 5.83. The van der Waals surface area contributed by atoms with Crippen molar-refractivity contribution >= 4 is 5.91 Å². The lowest BCUT2D eigenvalue weighted by molar-refractivity contribution is -0.165. The van der Waals surface area contributed by atoms with Gasteiger partial charge < -0.3 is 16.2 Å². The first-order chi connectivity index (χ1) is 8.39. The topological polar surface area (TPSA) is 75.3 Å². The van der Waals surface area contributed by atoms with E-state index in [-0.39, 0.29) is 5.92 Å². The molecular weight excluding hydrogens is 242 g/mol. The summed E-state index contributed by atoms with van der Waals surface area (Å²) in [7, 11) is 1.11. The number of halogens is 2. The summed E-state index contributed by atoms with van der Waals surface area (Å²) in [6.45, 7) is 0. The van der Waals surface area contributed by atoms with Crippen molar-refractivity contribution in [3.8, 4) is 0 Å². The van der Waals surface area contributed by atoms with Gasteiger partial charge in [-0.3, -0.25) is 4.79 Å². The summed E-state index contributed by atoms with van der Waals surface area (Å²) in [6, 6.07) is -1.07. The van der Waals surface area contributed by atoms with Crippen molar-refractivity contribution in [1.82, 2.24) is 5.32 Å². The van der Waals surface area contributed by atoms with E-state index < -0.39 is 24.0 Å². The minimum absolute atomic E-state index is 0.281.